The maximum absolute atomic E-state index is 12.1. The molecule has 1 aliphatic rings. The third kappa shape index (κ3) is 4.78. The molecule has 9 heteroatoms. The summed E-state index contributed by atoms with van der Waals surface area (Å²) in [5.41, 5.74) is 1.62. The SMILES string of the molecule is O=C(NCc1ccc(Cl)cc1)C(=O)Nc1cccc(N2CCCS2(=O)=O)c1. The van der Waals surface area contributed by atoms with E-state index >= 15 is 0 Å². The smallest absolute Gasteiger partial charge is 0.313 e. The van der Waals surface area contributed by atoms with Crippen LogP contribution in [-0.4, -0.2) is 32.5 Å². The zero-order valence-corrected chi connectivity index (χ0v) is 15.9. The van der Waals surface area contributed by atoms with Crippen molar-refractivity contribution in [1.29, 1.82) is 0 Å². The first-order valence-electron chi connectivity index (χ1n) is 8.29. The van der Waals surface area contributed by atoms with Crippen molar-refractivity contribution in [3.8, 4) is 0 Å². The number of anilines is 2. The third-order valence-corrected chi connectivity index (χ3v) is 6.19. The van der Waals surface area contributed by atoms with Crippen LogP contribution in [0.2, 0.25) is 5.02 Å². The van der Waals surface area contributed by atoms with Gasteiger partial charge < -0.3 is 10.6 Å². The van der Waals surface area contributed by atoms with E-state index in [0.29, 0.717) is 29.4 Å². The molecule has 1 heterocycles. The summed E-state index contributed by atoms with van der Waals surface area (Å²) in [5.74, 6) is -1.51. The lowest BCUT2D eigenvalue weighted by Crippen LogP contribution is -2.35. The Morgan fingerprint density at radius 1 is 1.07 bits per heavy atom. The fraction of sp³-hybridized carbons (Fsp3) is 0.222. The summed E-state index contributed by atoms with van der Waals surface area (Å²) in [6, 6.07) is 13.3. The van der Waals surface area contributed by atoms with Crippen molar-refractivity contribution in [3.05, 3.63) is 59.1 Å². The van der Waals surface area contributed by atoms with Gasteiger partial charge in [-0.05, 0) is 42.3 Å². The van der Waals surface area contributed by atoms with E-state index in [2.05, 4.69) is 10.6 Å². The van der Waals surface area contributed by atoms with Crippen LogP contribution in [0.4, 0.5) is 11.4 Å². The van der Waals surface area contributed by atoms with Crippen molar-refractivity contribution in [1.82, 2.24) is 5.32 Å². The molecule has 27 heavy (non-hydrogen) atoms. The summed E-state index contributed by atoms with van der Waals surface area (Å²) in [4.78, 5) is 24.0. The number of halogens is 1. The number of carbonyl (C=O) groups excluding carboxylic acids is 2. The maximum Gasteiger partial charge on any atom is 0.313 e. The van der Waals surface area contributed by atoms with E-state index in [-0.39, 0.29) is 12.3 Å². The number of rotatable bonds is 4. The molecule has 0 aromatic heterocycles. The van der Waals surface area contributed by atoms with Crippen molar-refractivity contribution in [2.45, 2.75) is 13.0 Å². The molecule has 0 unspecified atom stereocenters. The Kier molecular flexibility index (Phi) is 5.67. The van der Waals surface area contributed by atoms with Gasteiger partial charge in [-0.1, -0.05) is 29.8 Å². The van der Waals surface area contributed by atoms with E-state index < -0.39 is 21.8 Å². The van der Waals surface area contributed by atoms with Crippen LogP contribution < -0.4 is 14.9 Å². The highest BCUT2D eigenvalue weighted by atomic mass is 35.5. The Labute approximate surface area is 162 Å². The van der Waals surface area contributed by atoms with Gasteiger partial charge in [0.15, 0.2) is 0 Å². The van der Waals surface area contributed by atoms with Crippen LogP contribution in [0.3, 0.4) is 0 Å². The number of hydrogen-bond donors (Lipinski definition) is 2. The van der Waals surface area contributed by atoms with Gasteiger partial charge >= 0.3 is 11.8 Å². The second kappa shape index (κ2) is 7.98. The molecule has 3 rings (SSSR count). The van der Waals surface area contributed by atoms with Gasteiger partial charge in [-0.25, -0.2) is 8.42 Å². The zero-order chi connectivity index (χ0) is 19.4. The van der Waals surface area contributed by atoms with Crippen molar-refractivity contribution < 1.29 is 18.0 Å². The largest absolute Gasteiger partial charge is 0.344 e. The minimum absolute atomic E-state index is 0.108. The first-order chi connectivity index (χ1) is 12.8. The molecule has 0 saturated carbocycles. The second-order valence-electron chi connectivity index (χ2n) is 6.06. The molecule has 2 aromatic rings. The Hall–Kier alpha value is -2.58. The van der Waals surface area contributed by atoms with E-state index in [1.807, 2.05) is 0 Å². The van der Waals surface area contributed by atoms with Crippen LogP contribution in [0.1, 0.15) is 12.0 Å². The molecule has 1 saturated heterocycles. The molecule has 0 aliphatic carbocycles. The second-order valence-corrected chi connectivity index (χ2v) is 8.50. The highest BCUT2D eigenvalue weighted by Gasteiger charge is 2.28. The number of amides is 2. The summed E-state index contributed by atoms with van der Waals surface area (Å²) in [7, 11) is -3.31. The number of benzene rings is 2. The summed E-state index contributed by atoms with van der Waals surface area (Å²) in [6.07, 6.45) is 0.562. The average Bonchev–Trinajstić information content (AvgIpc) is 3.00. The van der Waals surface area contributed by atoms with E-state index in [9.17, 15) is 18.0 Å². The quantitative estimate of drug-likeness (QED) is 0.759. The summed E-state index contributed by atoms with van der Waals surface area (Å²) < 4.78 is 25.3. The summed E-state index contributed by atoms with van der Waals surface area (Å²) >= 11 is 5.80. The van der Waals surface area contributed by atoms with Crippen LogP contribution in [0, 0.1) is 0 Å². The fourth-order valence-electron chi connectivity index (χ4n) is 2.72. The first kappa shape index (κ1) is 19.2. The van der Waals surface area contributed by atoms with Crippen LogP contribution >= 0.6 is 11.6 Å². The van der Waals surface area contributed by atoms with Crippen LogP contribution in [0.15, 0.2) is 48.5 Å². The van der Waals surface area contributed by atoms with Gasteiger partial charge in [-0.15, -0.1) is 0 Å². The molecule has 0 spiro atoms. The molecule has 2 aromatic carbocycles. The minimum atomic E-state index is -3.31. The number of nitrogens with zero attached hydrogens (tertiary/aromatic N) is 1. The molecule has 7 nitrogen and oxygen atoms in total. The van der Waals surface area contributed by atoms with Gasteiger partial charge in [-0.3, -0.25) is 13.9 Å². The monoisotopic (exact) mass is 407 g/mol. The standard InChI is InChI=1S/C18H18ClN3O4S/c19-14-7-5-13(6-8-14)12-20-17(23)18(24)21-15-3-1-4-16(11-15)22-9-2-10-27(22,25)26/h1,3-8,11H,2,9-10,12H2,(H,20,23)(H,21,24). The lowest BCUT2D eigenvalue weighted by molar-refractivity contribution is -0.136. The number of hydrogen-bond acceptors (Lipinski definition) is 4. The molecular weight excluding hydrogens is 390 g/mol. The van der Waals surface area contributed by atoms with Crippen molar-refractivity contribution >= 4 is 44.8 Å². The molecule has 2 amide bonds. The highest BCUT2D eigenvalue weighted by Crippen LogP contribution is 2.26. The average molecular weight is 408 g/mol. The number of carbonyl (C=O) groups is 2. The maximum atomic E-state index is 12.1. The minimum Gasteiger partial charge on any atom is -0.344 e. The normalized spacial score (nSPS) is 15.4. The van der Waals surface area contributed by atoms with E-state index in [4.69, 9.17) is 11.6 Å². The van der Waals surface area contributed by atoms with Crippen LogP contribution in [0.5, 0.6) is 0 Å². The third-order valence-electron chi connectivity index (χ3n) is 4.06. The van der Waals surface area contributed by atoms with Gasteiger partial charge in [-0.2, -0.15) is 0 Å². The van der Waals surface area contributed by atoms with Gasteiger partial charge in [0, 0.05) is 23.8 Å². The summed E-state index contributed by atoms with van der Waals surface area (Å²) in [5, 5.41) is 5.59. The number of sulfonamides is 1. The van der Waals surface area contributed by atoms with Crippen molar-refractivity contribution in [2.24, 2.45) is 0 Å². The van der Waals surface area contributed by atoms with Crippen LogP contribution in [0.25, 0.3) is 0 Å². The molecular formula is C18H18ClN3O4S. The fourth-order valence-corrected chi connectivity index (χ4v) is 4.40. The van der Waals surface area contributed by atoms with E-state index in [0.717, 1.165) is 5.56 Å². The Balaban J connectivity index is 1.61. The predicted octanol–water partition coefficient (Wildman–Crippen LogP) is 2.13. The predicted molar refractivity (Wildman–Crippen MR) is 104 cm³/mol. The van der Waals surface area contributed by atoms with Gasteiger partial charge in [0.2, 0.25) is 10.0 Å². The van der Waals surface area contributed by atoms with Gasteiger partial charge in [0.1, 0.15) is 0 Å². The topological polar surface area (TPSA) is 95.6 Å². The van der Waals surface area contributed by atoms with Gasteiger partial charge in [0.25, 0.3) is 0 Å². The Morgan fingerprint density at radius 2 is 1.81 bits per heavy atom. The molecule has 0 radical (unpaired) electrons. The first-order valence-corrected chi connectivity index (χ1v) is 10.3. The van der Waals surface area contributed by atoms with Gasteiger partial charge in [0.05, 0.1) is 11.4 Å². The lowest BCUT2D eigenvalue weighted by Gasteiger charge is -2.17. The highest BCUT2D eigenvalue weighted by molar-refractivity contribution is 7.93. The molecule has 0 atom stereocenters. The van der Waals surface area contributed by atoms with Crippen LogP contribution in [-0.2, 0) is 26.2 Å². The van der Waals surface area contributed by atoms with E-state index in [1.54, 1.807) is 42.5 Å². The number of nitrogens with one attached hydrogen (secondary N) is 2. The zero-order valence-electron chi connectivity index (χ0n) is 14.3. The molecule has 0 bridgehead atoms. The van der Waals surface area contributed by atoms with Crippen molar-refractivity contribution in [3.63, 3.8) is 0 Å². The molecule has 142 valence electrons. The molecule has 1 aliphatic heterocycles. The lowest BCUT2D eigenvalue weighted by atomic mass is 10.2. The Bertz CT molecular complexity index is 961. The van der Waals surface area contributed by atoms with Crippen molar-refractivity contribution in [2.75, 3.05) is 21.9 Å². The molecule has 1 fully saturated rings. The summed E-state index contributed by atoms with van der Waals surface area (Å²) in [6.45, 7) is 0.594. The Morgan fingerprint density at radius 3 is 2.48 bits per heavy atom. The van der Waals surface area contributed by atoms with E-state index in [1.165, 1.54) is 10.4 Å². The molecule has 2 N–H and O–H groups in total.